The summed E-state index contributed by atoms with van der Waals surface area (Å²) in [5.41, 5.74) is 0.185. The number of hydrogen-bond acceptors (Lipinski definition) is 4. The maximum absolute atomic E-state index is 12.8. The molecule has 0 saturated heterocycles. The molecule has 1 heterocycles. The molecule has 2 aromatic rings. The van der Waals surface area contributed by atoms with Gasteiger partial charge in [-0.3, -0.25) is 4.68 Å². The van der Waals surface area contributed by atoms with Crippen LogP contribution in [0.2, 0.25) is 5.02 Å². The highest BCUT2D eigenvalue weighted by molar-refractivity contribution is 6.31. The normalized spacial score (nSPS) is 14.4. The average molecular weight is 429 g/mol. The zero-order chi connectivity index (χ0) is 21.0. The van der Waals surface area contributed by atoms with Crippen molar-refractivity contribution in [1.82, 2.24) is 9.78 Å². The molecule has 5 nitrogen and oxygen atoms in total. The molecule has 1 aromatic carbocycles. The van der Waals surface area contributed by atoms with Crippen LogP contribution in [0.25, 0.3) is 6.08 Å². The molecule has 29 heavy (non-hydrogen) atoms. The molecule has 0 amide bonds. The number of alkyl halides is 3. The third-order valence-electron chi connectivity index (χ3n) is 4.33. The number of carbonyl (C=O) groups is 1. The molecule has 0 aliphatic heterocycles. The number of nitrogens with zero attached hydrogens (tertiary/aromatic N) is 2. The second kappa shape index (κ2) is 8.90. The SMILES string of the molecule is CCOC(=O)/C=C/c1cc(OCC2CC2)nn1Cc1ccc(C(F)(F)F)cc1Cl. The fourth-order valence-corrected chi connectivity index (χ4v) is 2.82. The molecular weight excluding hydrogens is 409 g/mol. The Morgan fingerprint density at radius 1 is 1.34 bits per heavy atom. The van der Waals surface area contributed by atoms with Gasteiger partial charge in [-0.15, -0.1) is 5.10 Å². The van der Waals surface area contributed by atoms with Crippen LogP contribution in [0.15, 0.2) is 30.3 Å². The van der Waals surface area contributed by atoms with Crippen molar-refractivity contribution >= 4 is 23.6 Å². The second-order valence-corrected chi connectivity index (χ2v) is 7.12. The summed E-state index contributed by atoms with van der Waals surface area (Å²) < 4.78 is 50.6. The number of ether oxygens (including phenoxy) is 2. The Balaban J connectivity index is 1.82. The van der Waals surface area contributed by atoms with Gasteiger partial charge in [-0.1, -0.05) is 17.7 Å². The molecule has 1 aromatic heterocycles. The largest absolute Gasteiger partial charge is 0.476 e. The van der Waals surface area contributed by atoms with Gasteiger partial charge >= 0.3 is 12.1 Å². The maximum atomic E-state index is 12.8. The first-order valence-corrected chi connectivity index (χ1v) is 9.55. The van der Waals surface area contributed by atoms with E-state index in [1.165, 1.54) is 22.9 Å². The predicted molar refractivity (Wildman–Crippen MR) is 102 cm³/mol. The minimum Gasteiger partial charge on any atom is -0.476 e. The molecule has 1 aliphatic carbocycles. The zero-order valence-corrected chi connectivity index (χ0v) is 16.5. The molecule has 1 fully saturated rings. The molecule has 9 heteroatoms. The van der Waals surface area contributed by atoms with Crippen LogP contribution in [0.5, 0.6) is 5.88 Å². The lowest BCUT2D eigenvalue weighted by molar-refractivity contribution is -0.138. The van der Waals surface area contributed by atoms with Crippen molar-refractivity contribution in [2.45, 2.75) is 32.5 Å². The van der Waals surface area contributed by atoms with E-state index in [0.29, 0.717) is 29.7 Å². The lowest BCUT2D eigenvalue weighted by atomic mass is 10.1. The van der Waals surface area contributed by atoms with Crippen LogP contribution in [-0.2, 0) is 22.3 Å². The summed E-state index contributed by atoms with van der Waals surface area (Å²) >= 11 is 6.06. The lowest BCUT2D eigenvalue weighted by Crippen LogP contribution is -2.08. The maximum Gasteiger partial charge on any atom is 0.416 e. The van der Waals surface area contributed by atoms with Gasteiger partial charge in [-0.05, 0) is 49.5 Å². The molecule has 0 radical (unpaired) electrons. The first kappa shape index (κ1) is 21.2. The number of esters is 1. The quantitative estimate of drug-likeness (QED) is 0.440. The molecule has 0 bridgehead atoms. The first-order valence-electron chi connectivity index (χ1n) is 9.17. The molecule has 1 aliphatic rings. The number of aromatic nitrogens is 2. The standard InChI is InChI=1S/C20H20ClF3N2O3/c1-2-28-19(27)8-7-16-10-18(29-12-13-3-4-13)25-26(16)11-14-5-6-15(9-17(14)21)20(22,23)24/h5-10,13H,2-4,11-12H2,1H3/b8-7+. The topological polar surface area (TPSA) is 53.4 Å². The zero-order valence-electron chi connectivity index (χ0n) is 15.7. The summed E-state index contributed by atoms with van der Waals surface area (Å²) in [6.07, 6.45) is 0.559. The lowest BCUT2D eigenvalue weighted by Gasteiger charge is -2.11. The Kier molecular flexibility index (Phi) is 6.52. The Morgan fingerprint density at radius 3 is 2.72 bits per heavy atom. The van der Waals surface area contributed by atoms with Crippen molar-refractivity contribution in [3.63, 3.8) is 0 Å². The number of halogens is 4. The summed E-state index contributed by atoms with van der Waals surface area (Å²) in [6.45, 7) is 2.62. The third kappa shape index (κ3) is 6.00. The summed E-state index contributed by atoms with van der Waals surface area (Å²) in [5.74, 6) is 0.403. The minimum absolute atomic E-state index is 0.0175. The summed E-state index contributed by atoms with van der Waals surface area (Å²) in [5, 5.41) is 4.33. The highest BCUT2D eigenvalue weighted by Crippen LogP contribution is 2.33. The Labute approximate surface area is 171 Å². The third-order valence-corrected chi connectivity index (χ3v) is 4.68. The van der Waals surface area contributed by atoms with E-state index in [0.717, 1.165) is 25.0 Å². The Bertz CT molecular complexity index is 905. The number of benzene rings is 1. The monoisotopic (exact) mass is 428 g/mol. The van der Waals surface area contributed by atoms with E-state index in [1.54, 1.807) is 13.0 Å². The highest BCUT2D eigenvalue weighted by atomic mass is 35.5. The van der Waals surface area contributed by atoms with Crippen molar-refractivity contribution in [3.8, 4) is 5.88 Å². The Hall–Kier alpha value is -2.48. The number of carbonyl (C=O) groups excluding carboxylic acids is 1. The van der Waals surface area contributed by atoms with Gasteiger partial charge < -0.3 is 9.47 Å². The van der Waals surface area contributed by atoms with Gasteiger partial charge in [-0.25, -0.2) is 4.79 Å². The van der Waals surface area contributed by atoms with Crippen LogP contribution in [-0.4, -0.2) is 29.0 Å². The van der Waals surface area contributed by atoms with E-state index >= 15 is 0 Å². The van der Waals surface area contributed by atoms with E-state index in [-0.39, 0.29) is 18.2 Å². The molecule has 0 N–H and O–H groups in total. The van der Waals surface area contributed by atoms with Crippen LogP contribution in [0, 0.1) is 5.92 Å². The van der Waals surface area contributed by atoms with E-state index in [2.05, 4.69) is 5.10 Å². The summed E-state index contributed by atoms with van der Waals surface area (Å²) in [6, 6.07) is 4.84. The van der Waals surface area contributed by atoms with Gasteiger partial charge in [0, 0.05) is 17.2 Å². The van der Waals surface area contributed by atoms with Crippen LogP contribution < -0.4 is 4.74 Å². The van der Waals surface area contributed by atoms with Gasteiger partial charge in [0.15, 0.2) is 0 Å². The van der Waals surface area contributed by atoms with E-state index in [4.69, 9.17) is 21.1 Å². The predicted octanol–water partition coefficient (Wildman–Crippen LogP) is 4.97. The van der Waals surface area contributed by atoms with Gasteiger partial charge in [0.05, 0.1) is 31.0 Å². The average Bonchev–Trinajstić information content (AvgIpc) is 3.40. The molecule has 0 spiro atoms. The van der Waals surface area contributed by atoms with Crippen LogP contribution in [0.1, 0.15) is 36.6 Å². The van der Waals surface area contributed by atoms with Crippen molar-refractivity contribution in [2.75, 3.05) is 13.2 Å². The van der Waals surface area contributed by atoms with Gasteiger partial charge in [0.1, 0.15) is 0 Å². The van der Waals surface area contributed by atoms with Crippen LogP contribution in [0.3, 0.4) is 0 Å². The molecule has 0 unspecified atom stereocenters. The first-order chi connectivity index (χ1) is 13.8. The molecule has 1 saturated carbocycles. The van der Waals surface area contributed by atoms with Crippen molar-refractivity contribution in [3.05, 3.63) is 52.2 Å². The van der Waals surface area contributed by atoms with Gasteiger partial charge in [-0.2, -0.15) is 13.2 Å². The fraction of sp³-hybridized carbons (Fsp3) is 0.400. The van der Waals surface area contributed by atoms with Gasteiger partial charge in [0.2, 0.25) is 5.88 Å². The molecule has 0 atom stereocenters. The summed E-state index contributed by atoms with van der Waals surface area (Å²) in [4.78, 5) is 11.6. The fourth-order valence-electron chi connectivity index (χ4n) is 2.58. The van der Waals surface area contributed by atoms with Crippen LogP contribution in [0.4, 0.5) is 13.2 Å². The molecular formula is C20H20ClF3N2O3. The van der Waals surface area contributed by atoms with E-state index < -0.39 is 17.7 Å². The van der Waals surface area contributed by atoms with E-state index in [9.17, 15) is 18.0 Å². The summed E-state index contributed by atoms with van der Waals surface area (Å²) in [7, 11) is 0. The van der Waals surface area contributed by atoms with Crippen molar-refractivity contribution in [1.29, 1.82) is 0 Å². The Morgan fingerprint density at radius 2 is 2.10 bits per heavy atom. The molecule has 156 valence electrons. The second-order valence-electron chi connectivity index (χ2n) is 6.71. The number of hydrogen-bond donors (Lipinski definition) is 0. The smallest absolute Gasteiger partial charge is 0.416 e. The van der Waals surface area contributed by atoms with E-state index in [1.807, 2.05) is 0 Å². The van der Waals surface area contributed by atoms with Gasteiger partial charge in [0.25, 0.3) is 0 Å². The number of rotatable bonds is 8. The minimum atomic E-state index is -4.47. The highest BCUT2D eigenvalue weighted by Gasteiger charge is 2.31. The molecule has 3 rings (SSSR count). The van der Waals surface area contributed by atoms with Crippen LogP contribution >= 0.6 is 11.6 Å². The van der Waals surface area contributed by atoms with Crippen molar-refractivity contribution < 1.29 is 27.4 Å². The van der Waals surface area contributed by atoms with Crippen molar-refractivity contribution in [2.24, 2.45) is 5.92 Å².